The van der Waals surface area contributed by atoms with Crippen LogP contribution in [0.5, 0.6) is 0 Å². The molecule has 2 heterocycles. The van der Waals surface area contributed by atoms with Crippen LogP contribution in [0.25, 0.3) is 11.4 Å². The minimum atomic E-state index is -4.90. The molecule has 0 aliphatic carbocycles. The molecule has 1 N–H and O–H groups in total. The summed E-state index contributed by atoms with van der Waals surface area (Å²) in [6.07, 6.45) is -1.04. The van der Waals surface area contributed by atoms with Gasteiger partial charge in [0.05, 0.1) is 11.4 Å². The van der Waals surface area contributed by atoms with Gasteiger partial charge in [0.2, 0.25) is 0 Å². The third kappa shape index (κ3) is 4.51. The molecule has 164 valence electrons. The summed E-state index contributed by atoms with van der Waals surface area (Å²) in [5.41, 5.74) is -0.509. The van der Waals surface area contributed by atoms with Gasteiger partial charge < -0.3 is 5.32 Å². The topological polar surface area (TPSA) is 77.6 Å². The summed E-state index contributed by atoms with van der Waals surface area (Å²) in [6.45, 7) is 0.0979. The van der Waals surface area contributed by atoms with Crippen LogP contribution in [0.1, 0.15) is 21.7 Å². The molecule has 0 aliphatic heterocycles. The fourth-order valence-corrected chi connectivity index (χ4v) is 3.09. The number of alkyl halides is 3. The Labute approximate surface area is 179 Å². The molecule has 7 nitrogen and oxygen atoms in total. The van der Waals surface area contributed by atoms with E-state index in [1.54, 1.807) is 23.1 Å². The number of carbonyl (C=O) groups is 1. The number of aromatic nitrogens is 5. The molecule has 0 bridgehead atoms. The fraction of sp³-hybridized carbons (Fsp3) is 0.143. The highest BCUT2D eigenvalue weighted by Gasteiger charge is 2.41. The highest BCUT2D eigenvalue weighted by Crippen LogP contribution is 2.32. The van der Waals surface area contributed by atoms with Crippen molar-refractivity contribution < 1.29 is 22.4 Å². The molecule has 0 saturated carbocycles. The van der Waals surface area contributed by atoms with E-state index in [0.717, 1.165) is 35.5 Å². The molecule has 0 spiro atoms. The first-order chi connectivity index (χ1) is 15.3. The van der Waals surface area contributed by atoms with Crippen molar-refractivity contribution in [3.63, 3.8) is 0 Å². The zero-order valence-corrected chi connectivity index (χ0v) is 16.4. The average Bonchev–Trinajstić information content (AvgIpc) is 3.45. The molecule has 1 amide bonds. The number of rotatable bonds is 6. The molecule has 2 aromatic heterocycles. The second-order valence-electron chi connectivity index (χ2n) is 6.80. The van der Waals surface area contributed by atoms with Crippen LogP contribution in [0.2, 0.25) is 0 Å². The van der Waals surface area contributed by atoms with E-state index in [9.17, 15) is 22.4 Å². The van der Waals surface area contributed by atoms with Gasteiger partial charge in [0.1, 0.15) is 5.82 Å². The largest absolute Gasteiger partial charge is 0.435 e. The van der Waals surface area contributed by atoms with Crippen LogP contribution < -0.4 is 5.32 Å². The summed E-state index contributed by atoms with van der Waals surface area (Å²) in [7, 11) is 0. The number of nitrogens with one attached hydrogen (secondary N) is 1. The quantitative estimate of drug-likeness (QED) is 0.461. The number of carbonyl (C=O) groups excluding carboxylic acids is 1. The lowest BCUT2D eigenvalue weighted by molar-refractivity contribution is -0.143. The van der Waals surface area contributed by atoms with E-state index in [-0.39, 0.29) is 12.2 Å². The van der Waals surface area contributed by atoms with E-state index in [2.05, 4.69) is 20.7 Å². The molecule has 4 rings (SSSR count). The van der Waals surface area contributed by atoms with Crippen molar-refractivity contribution in [1.82, 2.24) is 30.1 Å². The van der Waals surface area contributed by atoms with Crippen LogP contribution >= 0.6 is 0 Å². The van der Waals surface area contributed by atoms with Gasteiger partial charge in [-0.1, -0.05) is 17.3 Å². The van der Waals surface area contributed by atoms with Gasteiger partial charge in [-0.15, -0.1) is 5.10 Å². The van der Waals surface area contributed by atoms with E-state index in [1.165, 1.54) is 0 Å². The van der Waals surface area contributed by atoms with Gasteiger partial charge in [0.15, 0.2) is 11.4 Å². The average molecular weight is 444 g/mol. The Morgan fingerprint density at radius 1 is 1.00 bits per heavy atom. The number of amides is 1. The van der Waals surface area contributed by atoms with E-state index >= 15 is 0 Å². The predicted octanol–water partition coefficient (Wildman–Crippen LogP) is 3.58. The molecule has 0 fully saturated rings. The van der Waals surface area contributed by atoms with E-state index in [4.69, 9.17) is 0 Å². The van der Waals surface area contributed by atoms with Crippen LogP contribution in [-0.2, 0) is 12.6 Å². The van der Waals surface area contributed by atoms with Gasteiger partial charge in [0, 0.05) is 18.9 Å². The summed E-state index contributed by atoms with van der Waals surface area (Å²) in [6, 6.07) is 13.4. The van der Waals surface area contributed by atoms with Gasteiger partial charge in [-0.25, -0.2) is 13.8 Å². The Morgan fingerprint density at radius 3 is 2.31 bits per heavy atom. The summed E-state index contributed by atoms with van der Waals surface area (Å²) in [5, 5.41) is 13.5. The smallest absolute Gasteiger partial charge is 0.350 e. The SMILES string of the molecule is O=C(NCCc1ccc(-n2cccn2)cc1)c1nnn(-c2ccc(F)cc2)c1C(F)(F)F. The van der Waals surface area contributed by atoms with Crippen molar-refractivity contribution in [1.29, 1.82) is 0 Å². The summed E-state index contributed by atoms with van der Waals surface area (Å²) in [4.78, 5) is 12.4. The van der Waals surface area contributed by atoms with E-state index in [1.807, 2.05) is 24.3 Å². The van der Waals surface area contributed by atoms with Gasteiger partial charge in [0.25, 0.3) is 5.91 Å². The Morgan fingerprint density at radius 2 is 1.69 bits per heavy atom. The summed E-state index contributed by atoms with van der Waals surface area (Å²) < 4.78 is 56.2. The van der Waals surface area contributed by atoms with Gasteiger partial charge >= 0.3 is 6.18 Å². The normalized spacial score (nSPS) is 11.5. The first-order valence-corrected chi connectivity index (χ1v) is 9.49. The molecule has 4 aromatic rings. The van der Waals surface area contributed by atoms with Crippen LogP contribution in [0.4, 0.5) is 17.6 Å². The number of benzene rings is 2. The number of halogens is 4. The molecule has 2 aromatic carbocycles. The van der Waals surface area contributed by atoms with Crippen molar-refractivity contribution in [2.45, 2.75) is 12.6 Å². The fourth-order valence-electron chi connectivity index (χ4n) is 3.09. The Kier molecular flexibility index (Phi) is 5.71. The lowest BCUT2D eigenvalue weighted by Crippen LogP contribution is -2.29. The maximum Gasteiger partial charge on any atom is 0.435 e. The third-order valence-corrected chi connectivity index (χ3v) is 4.63. The van der Waals surface area contributed by atoms with Gasteiger partial charge in [-0.05, 0) is 54.4 Å². The Hall–Kier alpha value is -4.02. The molecule has 0 unspecified atom stereocenters. The number of hydrogen-bond donors (Lipinski definition) is 1. The molecule has 0 aliphatic rings. The number of hydrogen-bond acceptors (Lipinski definition) is 4. The molecule has 0 saturated heterocycles. The molecular formula is C21H16F4N6O. The van der Waals surface area contributed by atoms with E-state index in [0.29, 0.717) is 11.1 Å². The predicted molar refractivity (Wildman–Crippen MR) is 106 cm³/mol. The van der Waals surface area contributed by atoms with Crippen LogP contribution in [0.3, 0.4) is 0 Å². The molecular weight excluding hydrogens is 428 g/mol. The summed E-state index contributed by atoms with van der Waals surface area (Å²) in [5.74, 6) is -1.61. The maximum absolute atomic E-state index is 13.6. The molecule has 11 heteroatoms. The van der Waals surface area contributed by atoms with Gasteiger partial charge in [-0.2, -0.15) is 18.3 Å². The Balaban J connectivity index is 1.46. The maximum atomic E-state index is 13.6. The van der Waals surface area contributed by atoms with Crippen LogP contribution in [0, 0.1) is 5.82 Å². The van der Waals surface area contributed by atoms with Crippen LogP contribution in [-0.4, -0.2) is 37.2 Å². The highest BCUT2D eigenvalue weighted by atomic mass is 19.4. The highest BCUT2D eigenvalue weighted by molar-refractivity contribution is 5.93. The Bertz CT molecular complexity index is 1200. The van der Waals surface area contributed by atoms with Crippen molar-refractivity contribution in [3.05, 3.63) is 89.8 Å². The van der Waals surface area contributed by atoms with Crippen molar-refractivity contribution >= 4 is 5.91 Å². The van der Waals surface area contributed by atoms with Crippen molar-refractivity contribution in [2.75, 3.05) is 6.54 Å². The van der Waals surface area contributed by atoms with Crippen molar-refractivity contribution in [2.24, 2.45) is 0 Å². The molecule has 32 heavy (non-hydrogen) atoms. The second kappa shape index (κ2) is 8.61. The number of nitrogens with zero attached hydrogens (tertiary/aromatic N) is 5. The standard InChI is InChI=1S/C21H16F4N6O/c22-15-4-8-17(9-5-15)31-19(21(23,24)25)18(28-29-31)20(32)26-12-10-14-2-6-16(7-3-14)30-13-1-11-27-30/h1-9,11,13H,10,12H2,(H,26,32). The minimum absolute atomic E-state index is 0.0671. The zero-order chi connectivity index (χ0) is 22.7. The first-order valence-electron chi connectivity index (χ1n) is 9.49. The molecule has 0 radical (unpaired) electrons. The third-order valence-electron chi connectivity index (χ3n) is 4.63. The lowest BCUT2D eigenvalue weighted by Gasteiger charge is -2.11. The summed E-state index contributed by atoms with van der Waals surface area (Å²) >= 11 is 0. The second-order valence-corrected chi connectivity index (χ2v) is 6.80. The molecule has 0 atom stereocenters. The first kappa shape index (κ1) is 21.2. The monoisotopic (exact) mass is 444 g/mol. The lowest BCUT2D eigenvalue weighted by atomic mass is 10.1. The van der Waals surface area contributed by atoms with E-state index < -0.39 is 29.3 Å². The zero-order valence-electron chi connectivity index (χ0n) is 16.4. The van der Waals surface area contributed by atoms with Crippen LogP contribution in [0.15, 0.2) is 67.0 Å². The van der Waals surface area contributed by atoms with Gasteiger partial charge in [-0.3, -0.25) is 4.79 Å². The minimum Gasteiger partial charge on any atom is -0.350 e. The van der Waals surface area contributed by atoms with Crippen molar-refractivity contribution in [3.8, 4) is 11.4 Å².